The Morgan fingerprint density at radius 3 is 2.72 bits per heavy atom. The van der Waals surface area contributed by atoms with Crippen molar-refractivity contribution in [1.29, 1.82) is 0 Å². The topological polar surface area (TPSA) is 88.1 Å². The molecule has 1 heterocycles. The molecule has 1 aliphatic heterocycles. The summed E-state index contributed by atoms with van der Waals surface area (Å²) in [5, 5.41) is 12.4. The van der Waals surface area contributed by atoms with Gasteiger partial charge in [-0.2, -0.15) is 0 Å². The van der Waals surface area contributed by atoms with Gasteiger partial charge in [-0.3, -0.25) is 14.9 Å². The molecule has 0 radical (unpaired) electrons. The molecule has 160 valence electrons. The summed E-state index contributed by atoms with van der Waals surface area (Å²) in [6.45, 7) is 4.01. The van der Waals surface area contributed by atoms with Crippen LogP contribution in [0.5, 0.6) is 0 Å². The molecule has 2 fully saturated rings. The molecule has 5 atom stereocenters. The highest BCUT2D eigenvalue weighted by atomic mass is 17.1. The summed E-state index contributed by atoms with van der Waals surface area (Å²) >= 11 is 0. The second-order valence-electron chi connectivity index (χ2n) is 8.07. The molecule has 0 aromatic heterocycles. The number of aryl methyl sites for hydroxylation is 1. The lowest BCUT2D eigenvalue weighted by molar-refractivity contribution is -0.283. The SMILES string of the molecule is CCOC(=O)[C@H](CCc1ccccc1)N[C@@H](OO)C(=O)N1C2CCCC2C[C@H]1C. The lowest BCUT2D eigenvalue weighted by atomic mass is 10.0. The zero-order valence-corrected chi connectivity index (χ0v) is 17.3. The Balaban J connectivity index is 1.68. The molecule has 2 N–H and O–H groups in total. The fourth-order valence-corrected chi connectivity index (χ4v) is 4.85. The minimum Gasteiger partial charge on any atom is -0.465 e. The van der Waals surface area contributed by atoms with Crippen molar-refractivity contribution in [1.82, 2.24) is 10.2 Å². The normalized spacial score (nSPS) is 25.5. The van der Waals surface area contributed by atoms with Crippen LogP contribution in [0.1, 0.15) is 51.5 Å². The van der Waals surface area contributed by atoms with Gasteiger partial charge in [0.25, 0.3) is 5.91 Å². The van der Waals surface area contributed by atoms with Crippen molar-refractivity contribution in [2.45, 2.75) is 76.7 Å². The third-order valence-electron chi connectivity index (χ3n) is 6.17. The highest BCUT2D eigenvalue weighted by molar-refractivity contribution is 5.83. The number of hydrogen-bond acceptors (Lipinski definition) is 6. The second-order valence-corrected chi connectivity index (χ2v) is 8.07. The molecule has 1 aromatic rings. The van der Waals surface area contributed by atoms with Crippen LogP contribution in [0.2, 0.25) is 0 Å². The largest absolute Gasteiger partial charge is 0.465 e. The van der Waals surface area contributed by atoms with Gasteiger partial charge >= 0.3 is 5.97 Å². The Morgan fingerprint density at radius 1 is 1.28 bits per heavy atom. The Kier molecular flexibility index (Phi) is 7.64. The van der Waals surface area contributed by atoms with Gasteiger partial charge in [0, 0.05) is 12.1 Å². The molecule has 1 aliphatic carbocycles. The van der Waals surface area contributed by atoms with Crippen LogP contribution in [-0.2, 0) is 25.6 Å². The van der Waals surface area contributed by atoms with Gasteiger partial charge in [0.2, 0.25) is 6.23 Å². The molecule has 2 unspecified atom stereocenters. The number of fused-ring (bicyclic) bond motifs is 1. The van der Waals surface area contributed by atoms with Crippen LogP contribution < -0.4 is 5.32 Å². The maximum absolute atomic E-state index is 13.1. The molecule has 3 rings (SSSR count). The van der Waals surface area contributed by atoms with Gasteiger partial charge < -0.3 is 9.64 Å². The van der Waals surface area contributed by atoms with Crippen molar-refractivity contribution in [2.24, 2.45) is 5.92 Å². The van der Waals surface area contributed by atoms with E-state index in [0.29, 0.717) is 18.8 Å². The zero-order valence-electron chi connectivity index (χ0n) is 17.3. The number of nitrogens with zero attached hydrogens (tertiary/aromatic N) is 1. The van der Waals surface area contributed by atoms with E-state index in [9.17, 15) is 14.8 Å². The van der Waals surface area contributed by atoms with Crippen LogP contribution in [0, 0.1) is 5.92 Å². The van der Waals surface area contributed by atoms with E-state index in [0.717, 1.165) is 31.2 Å². The number of ether oxygens (including phenoxy) is 1. The number of carbonyl (C=O) groups is 2. The van der Waals surface area contributed by atoms with E-state index < -0.39 is 18.2 Å². The smallest absolute Gasteiger partial charge is 0.323 e. The molecular formula is C22H32N2O5. The maximum Gasteiger partial charge on any atom is 0.323 e. The maximum atomic E-state index is 13.1. The zero-order chi connectivity index (χ0) is 20.8. The molecule has 0 spiro atoms. The van der Waals surface area contributed by atoms with E-state index in [-0.39, 0.29) is 24.6 Å². The minimum absolute atomic E-state index is 0.0996. The lowest BCUT2D eigenvalue weighted by Gasteiger charge is -2.32. The average Bonchev–Trinajstić information content (AvgIpc) is 3.28. The Labute approximate surface area is 172 Å². The van der Waals surface area contributed by atoms with Crippen LogP contribution in [0.3, 0.4) is 0 Å². The van der Waals surface area contributed by atoms with Gasteiger partial charge in [-0.1, -0.05) is 36.8 Å². The summed E-state index contributed by atoms with van der Waals surface area (Å²) in [6, 6.07) is 9.33. The van der Waals surface area contributed by atoms with E-state index in [1.807, 2.05) is 42.2 Å². The number of nitrogens with one attached hydrogen (secondary N) is 1. The minimum atomic E-state index is -1.29. The van der Waals surface area contributed by atoms with Gasteiger partial charge in [-0.15, -0.1) is 0 Å². The molecule has 1 saturated heterocycles. The fraction of sp³-hybridized carbons (Fsp3) is 0.636. The molecule has 0 bridgehead atoms. The van der Waals surface area contributed by atoms with E-state index in [2.05, 4.69) is 10.2 Å². The first-order valence-corrected chi connectivity index (χ1v) is 10.6. The number of carbonyl (C=O) groups excluding carboxylic acids is 2. The van der Waals surface area contributed by atoms with E-state index in [1.165, 1.54) is 0 Å². The first-order chi connectivity index (χ1) is 14.0. The summed E-state index contributed by atoms with van der Waals surface area (Å²) in [5.41, 5.74) is 1.08. The predicted octanol–water partition coefficient (Wildman–Crippen LogP) is 2.75. The monoisotopic (exact) mass is 404 g/mol. The Bertz CT molecular complexity index is 683. The van der Waals surface area contributed by atoms with E-state index >= 15 is 0 Å². The summed E-state index contributed by atoms with van der Waals surface area (Å²) in [5.74, 6) is -0.248. The summed E-state index contributed by atoms with van der Waals surface area (Å²) < 4.78 is 5.17. The number of benzene rings is 1. The van der Waals surface area contributed by atoms with Gasteiger partial charge in [0.1, 0.15) is 6.04 Å². The van der Waals surface area contributed by atoms with Crippen molar-refractivity contribution in [2.75, 3.05) is 6.61 Å². The molecule has 1 aromatic carbocycles. The highest BCUT2D eigenvalue weighted by Crippen LogP contribution is 2.41. The first kappa shape index (κ1) is 21.7. The van der Waals surface area contributed by atoms with Crippen LogP contribution >= 0.6 is 0 Å². The first-order valence-electron chi connectivity index (χ1n) is 10.6. The Morgan fingerprint density at radius 2 is 2.03 bits per heavy atom. The number of likely N-dealkylation sites (tertiary alicyclic amines) is 1. The number of rotatable bonds is 9. The summed E-state index contributed by atoms with van der Waals surface area (Å²) in [7, 11) is 0. The van der Waals surface area contributed by atoms with Crippen molar-refractivity contribution < 1.29 is 24.5 Å². The molecule has 1 saturated carbocycles. The van der Waals surface area contributed by atoms with Gasteiger partial charge in [0.15, 0.2) is 0 Å². The third kappa shape index (κ3) is 5.15. The quantitative estimate of drug-likeness (QED) is 0.285. The molecule has 7 heteroatoms. The predicted molar refractivity (Wildman–Crippen MR) is 108 cm³/mol. The van der Waals surface area contributed by atoms with Crippen molar-refractivity contribution in [3.63, 3.8) is 0 Å². The van der Waals surface area contributed by atoms with Gasteiger partial charge in [-0.05, 0) is 57.4 Å². The van der Waals surface area contributed by atoms with E-state index in [4.69, 9.17) is 4.74 Å². The highest BCUT2D eigenvalue weighted by Gasteiger charge is 2.46. The third-order valence-corrected chi connectivity index (χ3v) is 6.17. The van der Waals surface area contributed by atoms with Crippen molar-refractivity contribution in [3.8, 4) is 0 Å². The molecule has 29 heavy (non-hydrogen) atoms. The van der Waals surface area contributed by atoms with Crippen LogP contribution in [0.4, 0.5) is 0 Å². The molecular weight excluding hydrogens is 372 g/mol. The van der Waals surface area contributed by atoms with Gasteiger partial charge in [0.05, 0.1) is 6.61 Å². The number of esters is 1. The number of amides is 1. The molecule has 2 aliphatic rings. The standard InChI is InChI=1S/C22H32N2O5/c1-3-28-22(26)18(13-12-16-8-5-4-6-9-16)23-20(29-27)21(25)24-15(2)14-17-10-7-11-19(17)24/h4-6,8-9,15,17-20,23,27H,3,7,10-14H2,1-2H3/t15-,17?,18+,19?,20+/m1/s1. The fourth-order valence-electron chi connectivity index (χ4n) is 4.85. The second kappa shape index (κ2) is 10.2. The summed E-state index contributed by atoms with van der Waals surface area (Å²) in [6.07, 6.45) is 3.98. The summed E-state index contributed by atoms with van der Waals surface area (Å²) in [4.78, 5) is 32.0. The lowest BCUT2D eigenvalue weighted by Crippen LogP contribution is -2.55. The van der Waals surface area contributed by atoms with Crippen molar-refractivity contribution >= 4 is 11.9 Å². The van der Waals surface area contributed by atoms with Crippen LogP contribution in [0.25, 0.3) is 0 Å². The Hall–Kier alpha value is -1.96. The van der Waals surface area contributed by atoms with Crippen LogP contribution in [0.15, 0.2) is 30.3 Å². The molecule has 1 amide bonds. The van der Waals surface area contributed by atoms with E-state index in [1.54, 1.807) is 6.92 Å². The van der Waals surface area contributed by atoms with Crippen LogP contribution in [-0.4, -0.2) is 53.0 Å². The van der Waals surface area contributed by atoms with Gasteiger partial charge in [-0.25, -0.2) is 10.1 Å². The number of hydrogen-bond donors (Lipinski definition) is 2. The average molecular weight is 405 g/mol. The molecule has 7 nitrogen and oxygen atoms in total. The van der Waals surface area contributed by atoms with Crippen molar-refractivity contribution in [3.05, 3.63) is 35.9 Å².